The Morgan fingerprint density at radius 2 is 2.23 bits per heavy atom. The van der Waals surface area contributed by atoms with Crippen molar-refractivity contribution in [1.82, 2.24) is 10.2 Å². The molecular weight excluding hydrogens is 276 g/mol. The van der Waals surface area contributed by atoms with Crippen molar-refractivity contribution in [2.24, 2.45) is 11.8 Å². The van der Waals surface area contributed by atoms with Crippen LogP contribution in [0, 0.1) is 11.8 Å². The van der Waals surface area contributed by atoms with Crippen LogP contribution in [-0.2, 0) is 4.79 Å². The number of ether oxygens (including phenoxy) is 1. The average Bonchev–Trinajstić information content (AvgIpc) is 2.59. The van der Waals surface area contributed by atoms with E-state index >= 15 is 0 Å². The van der Waals surface area contributed by atoms with Gasteiger partial charge in [0.15, 0.2) is 6.61 Å². The van der Waals surface area contributed by atoms with E-state index in [1.165, 1.54) is 6.42 Å². The fourth-order valence-electron chi connectivity index (χ4n) is 3.61. The molecule has 0 aromatic heterocycles. The molecule has 3 heterocycles. The van der Waals surface area contributed by atoms with E-state index < -0.39 is 0 Å². The monoisotopic (exact) mass is 300 g/mol. The molecule has 1 N–H and O–H groups in total. The molecule has 0 spiro atoms. The van der Waals surface area contributed by atoms with Crippen molar-refractivity contribution in [3.05, 3.63) is 43.0 Å². The predicted octanol–water partition coefficient (Wildman–Crippen LogP) is 2.08. The van der Waals surface area contributed by atoms with Crippen LogP contribution in [0.1, 0.15) is 12.8 Å². The summed E-state index contributed by atoms with van der Waals surface area (Å²) in [7, 11) is 0. The minimum atomic E-state index is -0.0493. The smallest absolute Gasteiger partial charge is 0.257 e. The normalized spacial score (nSPS) is 29.8. The summed E-state index contributed by atoms with van der Waals surface area (Å²) in [4.78, 5) is 14.4. The minimum absolute atomic E-state index is 0.0493. The van der Waals surface area contributed by atoms with Crippen LogP contribution in [-0.4, -0.2) is 43.1 Å². The second-order valence-electron chi connectivity index (χ2n) is 6.24. The summed E-state index contributed by atoms with van der Waals surface area (Å²) in [5, 5.41) is 3.01. The van der Waals surface area contributed by atoms with Crippen molar-refractivity contribution in [2.75, 3.05) is 26.2 Å². The Bertz CT molecular complexity index is 517. The summed E-state index contributed by atoms with van der Waals surface area (Å²) in [6.07, 6.45) is 4.52. The Balaban J connectivity index is 1.41. The number of para-hydroxylation sites is 1. The van der Waals surface area contributed by atoms with E-state index in [4.69, 9.17) is 4.74 Å². The Morgan fingerprint density at radius 3 is 2.91 bits per heavy atom. The van der Waals surface area contributed by atoms with E-state index in [2.05, 4.69) is 22.9 Å². The first-order chi connectivity index (χ1) is 10.8. The highest BCUT2D eigenvalue weighted by Gasteiger charge is 2.38. The molecule has 3 aliphatic heterocycles. The molecule has 3 saturated heterocycles. The maximum atomic E-state index is 11.9. The van der Waals surface area contributed by atoms with Crippen LogP contribution >= 0.6 is 0 Å². The molecule has 22 heavy (non-hydrogen) atoms. The van der Waals surface area contributed by atoms with Crippen molar-refractivity contribution in [3.63, 3.8) is 0 Å². The van der Waals surface area contributed by atoms with Crippen molar-refractivity contribution in [2.45, 2.75) is 18.9 Å². The third kappa shape index (κ3) is 3.50. The number of carbonyl (C=O) groups excluding carboxylic acids is 1. The zero-order valence-corrected chi connectivity index (χ0v) is 12.9. The van der Waals surface area contributed by atoms with Gasteiger partial charge in [0, 0.05) is 19.1 Å². The minimum Gasteiger partial charge on any atom is -0.484 e. The maximum Gasteiger partial charge on any atom is 0.257 e. The Morgan fingerprint density at radius 1 is 1.41 bits per heavy atom. The van der Waals surface area contributed by atoms with Gasteiger partial charge in [-0.25, -0.2) is 0 Å². The number of hydrogen-bond acceptors (Lipinski definition) is 3. The second kappa shape index (κ2) is 6.97. The summed E-state index contributed by atoms with van der Waals surface area (Å²) < 4.78 is 5.47. The highest BCUT2D eigenvalue weighted by molar-refractivity contribution is 5.77. The van der Waals surface area contributed by atoms with Crippen molar-refractivity contribution in [1.29, 1.82) is 0 Å². The zero-order chi connectivity index (χ0) is 15.4. The molecule has 1 aromatic rings. The molecule has 1 unspecified atom stereocenters. The fraction of sp³-hybridized carbons (Fsp3) is 0.500. The standard InChI is InChI=1S/C18H24N2O2/c1-2-14-12-20-9-8-15(14)10-16(20)11-19-18(21)13-22-17-6-4-3-5-7-17/h2-7,14-16H,1,8-13H2,(H,19,21)/t14-,15-,16+/m0/s1. The highest BCUT2D eigenvalue weighted by atomic mass is 16.5. The molecule has 4 rings (SSSR count). The molecule has 4 heteroatoms. The van der Waals surface area contributed by atoms with Gasteiger partial charge in [0.2, 0.25) is 0 Å². The van der Waals surface area contributed by atoms with Crippen molar-refractivity contribution in [3.8, 4) is 5.75 Å². The summed E-state index contributed by atoms with van der Waals surface area (Å²) in [5.74, 6) is 2.05. The van der Waals surface area contributed by atoms with Gasteiger partial charge < -0.3 is 10.1 Å². The van der Waals surface area contributed by atoms with Crippen molar-refractivity contribution < 1.29 is 9.53 Å². The van der Waals surface area contributed by atoms with Gasteiger partial charge >= 0.3 is 0 Å². The third-order valence-corrected chi connectivity index (χ3v) is 4.88. The number of nitrogens with zero attached hydrogens (tertiary/aromatic N) is 1. The topological polar surface area (TPSA) is 41.6 Å². The van der Waals surface area contributed by atoms with Gasteiger partial charge in [0.1, 0.15) is 5.75 Å². The fourth-order valence-corrected chi connectivity index (χ4v) is 3.61. The Hall–Kier alpha value is -1.81. The van der Waals surface area contributed by atoms with Gasteiger partial charge in [0.25, 0.3) is 5.91 Å². The first kappa shape index (κ1) is 15.1. The lowest BCUT2D eigenvalue weighted by atomic mass is 9.75. The number of amides is 1. The van der Waals surface area contributed by atoms with Crippen LogP contribution in [0.5, 0.6) is 5.75 Å². The van der Waals surface area contributed by atoms with Gasteiger partial charge in [-0.2, -0.15) is 0 Å². The van der Waals surface area contributed by atoms with Crippen LogP contribution in [0.3, 0.4) is 0 Å². The van der Waals surface area contributed by atoms with Crippen LogP contribution in [0.15, 0.2) is 43.0 Å². The summed E-state index contributed by atoms with van der Waals surface area (Å²) >= 11 is 0. The number of carbonyl (C=O) groups is 1. The van der Waals surface area contributed by atoms with Gasteiger partial charge in [-0.3, -0.25) is 9.69 Å². The zero-order valence-electron chi connectivity index (χ0n) is 12.9. The third-order valence-electron chi connectivity index (χ3n) is 4.88. The molecule has 2 bridgehead atoms. The van der Waals surface area contributed by atoms with Gasteiger partial charge in [-0.1, -0.05) is 24.3 Å². The quantitative estimate of drug-likeness (QED) is 0.818. The lowest BCUT2D eigenvalue weighted by molar-refractivity contribution is -0.123. The Kier molecular flexibility index (Phi) is 4.78. The highest BCUT2D eigenvalue weighted by Crippen LogP contribution is 2.36. The number of benzene rings is 1. The molecule has 0 aliphatic carbocycles. The first-order valence-electron chi connectivity index (χ1n) is 8.07. The lowest BCUT2D eigenvalue weighted by Crippen LogP contribution is -2.56. The van der Waals surface area contributed by atoms with E-state index in [1.54, 1.807) is 0 Å². The molecule has 4 nitrogen and oxygen atoms in total. The van der Waals surface area contributed by atoms with Gasteiger partial charge in [0.05, 0.1) is 0 Å². The molecule has 1 aromatic carbocycles. The number of piperidine rings is 3. The number of nitrogens with one attached hydrogen (secondary N) is 1. The second-order valence-corrected chi connectivity index (χ2v) is 6.24. The molecule has 3 fully saturated rings. The molecule has 118 valence electrons. The largest absolute Gasteiger partial charge is 0.484 e. The number of hydrogen-bond donors (Lipinski definition) is 1. The van der Waals surface area contributed by atoms with Crippen molar-refractivity contribution >= 4 is 5.91 Å². The molecule has 4 atom stereocenters. The molecule has 0 saturated carbocycles. The SMILES string of the molecule is C=C[C@H]1CN2CC[C@H]1C[C@@H]2CNC(=O)COc1ccccc1. The number of fused-ring (bicyclic) bond motifs is 3. The van der Waals surface area contributed by atoms with Gasteiger partial charge in [-0.15, -0.1) is 6.58 Å². The molecule has 3 aliphatic rings. The van der Waals surface area contributed by atoms with E-state index in [9.17, 15) is 4.79 Å². The maximum absolute atomic E-state index is 11.9. The van der Waals surface area contributed by atoms with Gasteiger partial charge in [-0.05, 0) is 43.4 Å². The van der Waals surface area contributed by atoms with E-state index in [0.717, 1.165) is 37.7 Å². The predicted molar refractivity (Wildman–Crippen MR) is 86.7 cm³/mol. The van der Waals surface area contributed by atoms with E-state index in [0.29, 0.717) is 12.0 Å². The first-order valence-corrected chi connectivity index (χ1v) is 8.07. The lowest BCUT2D eigenvalue weighted by Gasteiger charge is -2.49. The molecule has 0 radical (unpaired) electrons. The van der Waals surface area contributed by atoms with E-state index in [1.807, 2.05) is 30.3 Å². The summed E-state index contributed by atoms with van der Waals surface area (Å²) in [5.41, 5.74) is 0. The summed E-state index contributed by atoms with van der Waals surface area (Å²) in [6, 6.07) is 9.90. The molecule has 1 amide bonds. The van der Waals surface area contributed by atoms with E-state index in [-0.39, 0.29) is 12.5 Å². The molecular formula is C18H24N2O2. The van der Waals surface area contributed by atoms with Crippen LogP contribution in [0.2, 0.25) is 0 Å². The van der Waals surface area contributed by atoms with Crippen LogP contribution in [0.4, 0.5) is 0 Å². The average molecular weight is 300 g/mol. The summed E-state index contributed by atoms with van der Waals surface area (Å²) in [6.45, 7) is 6.98. The van der Waals surface area contributed by atoms with Crippen LogP contribution in [0.25, 0.3) is 0 Å². The number of rotatable bonds is 6. The Labute approximate surface area is 132 Å². The van der Waals surface area contributed by atoms with Crippen LogP contribution < -0.4 is 10.1 Å².